The summed E-state index contributed by atoms with van der Waals surface area (Å²) >= 11 is 0. The Balaban J connectivity index is 1.94. The van der Waals surface area contributed by atoms with E-state index < -0.39 is 16.7 Å². The van der Waals surface area contributed by atoms with Crippen LogP contribution < -0.4 is 0 Å². The summed E-state index contributed by atoms with van der Waals surface area (Å²) in [6.07, 6.45) is 0. The van der Waals surface area contributed by atoms with Crippen LogP contribution in [0.15, 0.2) is 18.2 Å². The van der Waals surface area contributed by atoms with Crippen molar-refractivity contribution >= 4 is 11.7 Å². The lowest BCUT2D eigenvalue weighted by Gasteiger charge is -2.33. The zero-order chi connectivity index (χ0) is 15.4. The molecule has 1 saturated heterocycles. The first-order chi connectivity index (χ1) is 9.94. The monoisotopic (exact) mass is 297 g/mol. The third-order valence-electron chi connectivity index (χ3n) is 3.38. The third kappa shape index (κ3) is 4.47. The summed E-state index contributed by atoms with van der Waals surface area (Å²) in [7, 11) is 0. The number of benzene rings is 1. The van der Waals surface area contributed by atoms with Crippen LogP contribution in [0, 0.1) is 15.9 Å². The van der Waals surface area contributed by atoms with Gasteiger partial charge in [-0.3, -0.25) is 24.7 Å². The van der Waals surface area contributed by atoms with Gasteiger partial charge in [0.2, 0.25) is 0 Å². The van der Waals surface area contributed by atoms with Gasteiger partial charge in [0.15, 0.2) is 0 Å². The van der Waals surface area contributed by atoms with Crippen molar-refractivity contribution in [1.82, 2.24) is 9.80 Å². The molecule has 0 aromatic heterocycles. The van der Waals surface area contributed by atoms with Gasteiger partial charge in [-0.25, -0.2) is 4.39 Å². The van der Waals surface area contributed by atoms with E-state index in [1.165, 1.54) is 12.1 Å². The molecule has 1 aliphatic rings. The van der Waals surface area contributed by atoms with E-state index in [9.17, 15) is 19.3 Å². The summed E-state index contributed by atoms with van der Waals surface area (Å²) in [6, 6.07) is 3.55. The number of hydrogen-bond donors (Lipinski definition) is 1. The number of nitrogens with zero attached hydrogens (tertiary/aromatic N) is 3. The summed E-state index contributed by atoms with van der Waals surface area (Å²) in [5.41, 5.74) is 0.294. The van der Waals surface area contributed by atoms with Crippen molar-refractivity contribution < 1.29 is 19.2 Å². The van der Waals surface area contributed by atoms with E-state index in [0.29, 0.717) is 38.3 Å². The number of carboxylic acid groups (broad SMARTS) is 1. The van der Waals surface area contributed by atoms with E-state index in [-0.39, 0.29) is 12.2 Å². The topological polar surface area (TPSA) is 86.9 Å². The smallest absolute Gasteiger partial charge is 0.317 e. The molecule has 7 nitrogen and oxygen atoms in total. The standard InChI is InChI=1S/C13H16FN3O4/c14-11-5-10(6-12(7-11)17(20)21)8-15-1-3-16(4-2-15)9-13(18)19/h5-7H,1-4,8-9H2,(H,18,19). The van der Waals surface area contributed by atoms with Gasteiger partial charge in [-0.05, 0) is 11.6 Å². The molecule has 1 fully saturated rings. The highest BCUT2D eigenvalue weighted by Gasteiger charge is 2.19. The zero-order valence-electron chi connectivity index (χ0n) is 11.4. The molecule has 0 atom stereocenters. The van der Waals surface area contributed by atoms with E-state index in [2.05, 4.69) is 0 Å². The largest absolute Gasteiger partial charge is 0.480 e. The lowest BCUT2D eigenvalue weighted by atomic mass is 10.1. The number of halogens is 1. The summed E-state index contributed by atoms with van der Waals surface area (Å²) in [5.74, 6) is -1.48. The molecule has 114 valence electrons. The molecule has 1 N–H and O–H groups in total. The molecule has 1 aromatic carbocycles. The second-order valence-electron chi connectivity index (χ2n) is 5.02. The Hall–Kier alpha value is -2.06. The summed E-state index contributed by atoms with van der Waals surface area (Å²) in [5, 5.41) is 19.4. The second kappa shape index (κ2) is 6.59. The van der Waals surface area contributed by atoms with Gasteiger partial charge >= 0.3 is 5.97 Å². The Morgan fingerprint density at radius 1 is 1.24 bits per heavy atom. The van der Waals surface area contributed by atoms with Gasteiger partial charge in [-0.1, -0.05) is 0 Å². The molecular formula is C13H16FN3O4. The average Bonchev–Trinajstić information content (AvgIpc) is 2.39. The van der Waals surface area contributed by atoms with E-state index in [4.69, 9.17) is 5.11 Å². The first-order valence-electron chi connectivity index (χ1n) is 6.54. The molecule has 0 spiro atoms. The Morgan fingerprint density at radius 2 is 1.86 bits per heavy atom. The number of non-ortho nitro benzene ring substituents is 1. The number of rotatable bonds is 5. The molecule has 0 unspecified atom stereocenters. The van der Waals surface area contributed by atoms with Gasteiger partial charge in [0, 0.05) is 38.8 Å². The van der Waals surface area contributed by atoms with E-state index in [1.807, 2.05) is 9.80 Å². The van der Waals surface area contributed by atoms with Crippen LogP contribution in [0.3, 0.4) is 0 Å². The minimum absolute atomic E-state index is 0.0132. The summed E-state index contributed by atoms with van der Waals surface area (Å²) in [6.45, 7) is 2.96. The number of nitro benzene ring substituents is 1. The number of piperazine rings is 1. The lowest BCUT2D eigenvalue weighted by Crippen LogP contribution is -2.47. The fourth-order valence-corrected chi connectivity index (χ4v) is 2.39. The van der Waals surface area contributed by atoms with Crippen LogP contribution in [0.4, 0.5) is 10.1 Å². The molecule has 21 heavy (non-hydrogen) atoms. The van der Waals surface area contributed by atoms with E-state index in [1.54, 1.807) is 0 Å². The number of nitro groups is 1. The SMILES string of the molecule is O=C(O)CN1CCN(Cc2cc(F)cc([N+](=O)[O-])c2)CC1. The molecule has 1 aromatic rings. The van der Waals surface area contributed by atoms with Crippen LogP contribution in [-0.4, -0.2) is 58.5 Å². The van der Waals surface area contributed by atoms with Crippen molar-refractivity contribution in [3.8, 4) is 0 Å². The van der Waals surface area contributed by atoms with Crippen LogP contribution in [-0.2, 0) is 11.3 Å². The Bertz CT molecular complexity index is 544. The quantitative estimate of drug-likeness (QED) is 0.643. The van der Waals surface area contributed by atoms with Crippen LogP contribution in [0.1, 0.15) is 5.56 Å². The van der Waals surface area contributed by atoms with E-state index in [0.717, 1.165) is 6.07 Å². The fourth-order valence-electron chi connectivity index (χ4n) is 2.39. The summed E-state index contributed by atoms with van der Waals surface area (Å²) < 4.78 is 13.4. The Morgan fingerprint density at radius 3 is 2.43 bits per heavy atom. The van der Waals surface area contributed by atoms with Gasteiger partial charge in [0.05, 0.1) is 17.5 Å². The maximum absolute atomic E-state index is 13.4. The first kappa shape index (κ1) is 15.3. The third-order valence-corrected chi connectivity index (χ3v) is 3.38. The van der Waals surface area contributed by atoms with Gasteiger partial charge in [0.25, 0.3) is 5.69 Å². The number of aliphatic carboxylic acids is 1. The second-order valence-corrected chi connectivity index (χ2v) is 5.02. The summed E-state index contributed by atoms with van der Waals surface area (Å²) in [4.78, 5) is 24.6. The number of carbonyl (C=O) groups is 1. The normalized spacial score (nSPS) is 16.8. The van der Waals surface area contributed by atoms with Gasteiger partial charge < -0.3 is 5.11 Å². The van der Waals surface area contributed by atoms with Crippen molar-refractivity contribution in [3.63, 3.8) is 0 Å². The molecule has 0 amide bonds. The molecule has 0 saturated carbocycles. The predicted molar refractivity (Wildman–Crippen MR) is 72.4 cm³/mol. The first-order valence-corrected chi connectivity index (χ1v) is 6.54. The van der Waals surface area contributed by atoms with Crippen LogP contribution in [0.2, 0.25) is 0 Å². The molecule has 1 aliphatic heterocycles. The maximum Gasteiger partial charge on any atom is 0.317 e. The van der Waals surface area contributed by atoms with Gasteiger partial charge in [-0.15, -0.1) is 0 Å². The lowest BCUT2D eigenvalue weighted by molar-refractivity contribution is -0.385. The predicted octanol–water partition coefficient (Wildman–Crippen LogP) is 0.936. The molecule has 1 heterocycles. The molecule has 2 rings (SSSR count). The molecular weight excluding hydrogens is 281 g/mol. The molecule has 0 aliphatic carbocycles. The van der Waals surface area contributed by atoms with Crippen LogP contribution >= 0.6 is 0 Å². The average molecular weight is 297 g/mol. The minimum Gasteiger partial charge on any atom is -0.480 e. The molecule has 0 radical (unpaired) electrons. The Labute approximate surface area is 120 Å². The molecule has 8 heteroatoms. The van der Waals surface area contributed by atoms with Crippen molar-refractivity contribution in [3.05, 3.63) is 39.7 Å². The van der Waals surface area contributed by atoms with Crippen molar-refractivity contribution in [1.29, 1.82) is 0 Å². The van der Waals surface area contributed by atoms with Crippen molar-refractivity contribution in [2.75, 3.05) is 32.7 Å². The van der Waals surface area contributed by atoms with Gasteiger partial charge in [0.1, 0.15) is 5.82 Å². The van der Waals surface area contributed by atoms with Crippen LogP contribution in [0.5, 0.6) is 0 Å². The number of hydrogen-bond acceptors (Lipinski definition) is 5. The Kier molecular flexibility index (Phi) is 4.81. The minimum atomic E-state index is -0.857. The molecule has 0 bridgehead atoms. The highest BCUT2D eigenvalue weighted by Crippen LogP contribution is 2.18. The van der Waals surface area contributed by atoms with Crippen molar-refractivity contribution in [2.45, 2.75) is 6.54 Å². The van der Waals surface area contributed by atoms with Crippen molar-refractivity contribution in [2.24, 2.45) is 0 Å². The number of carboxylic acids is 1. The highest BCUT2D eigenvalue weighted by atomic mass is 19.1. The maximum atomic E-state index is 13.4. The van der Waals surface area contributed by atoms with Crippen LogP contribution in [0.25, 0.3) is 0 Å². The highest BCUT2D eigenvalue weighted by molar-refractivity contribution is 5.69. The van der Waals surface area contributed by atoms with Gasteiger partial charge in [-0.2, -0.15) is 0 Å². The zero-order valence-corrected chi connectivity index (χ0v) is 11.4. The van der Waals surface area contributed by atoms with E-state index >= 15 is 0 Å². The fraction of sp³-hybridized carbons (Fsp3) is 0.462.